The molecule has 0 unspecified atom stereocenters. The molecule has 1 atom stereocenters. The Hall–Kier alpha value is -3.43. The van der Waals surface area contributed by atoms with Crippen LogP contribution < -0.4 is 15.0 Å². The maximum atomic E-state index is 13.3. The molecule has 3 aromatic carbocycles. The fourth-order valence-corrected chi connectivity index (χ4v) is 6.51. The molecule has 0 aliphatic carbocycles. The van der Waals surface area contributed by atoms with Gasteiger partial charge in [0.1, 0.15) is 11.8 Å². The minimum atomic E-state index is -3.85. The summed E-state index contributed by atoms with van der Waals surface area (Å²) in [5, 5.41) is 4.50. The van der Waals surface area contributed by atoms with Crippen molar-refractivity contribution in [1.29, 1.82) is 0 Å². The van der Waals surface area contributed by atoms with Crippen molar-refractivity contribution in [2.24, 2.45) is 0 Å². The minimum absolute atomic E-state index is 0.0564. The maximum Gasteiger partial charge on any atom is 0.258 e. The molecule has 1 saturated heterocycles. The van der Waals surface area contributed by atoms with Crippen LogP contribution in [0.2, 0.25) is 0 Å². The first-order valence-corrected chi connectivity index (χ1v) is 12.6. The Morgan fingerprint density at radius 1 is 1.12 bits per heavy atom. The van der Waals surface area contributed by atoms with Gasteiger partial charge in [0.25, 0.3) is 5.91 Å². The second-order valence-electron chi connectivity index (χ2n) is 8.35. The van der Waals surface area contributed by atoms with Crippen LogP contribution in [0.5, 0.6) is 5.75 Å². The lowest BCUT2D eigenvalue weighted by atomic mass is 10.0. The van der Waals surface area contributed by atoms with E-state index in [1.54, 1.807) is 35.2 Å². The Kier molecular flexibility index (Phi) is 5.53. The van der Waals surface area contributed by atoms with Gasteiger partial charge < -0.3 is 15.0 Å². The standard InChI is InChI=1S/C25H25N3O5S/c1-3-27-21-14-13-20(18-6-4-7-19(23(18)21)25(27)30)26-24(29)22-8-5-15-28(22)34(31,32)17-11-9-16(33-2)10-12-17/h4,6-7,9-14,22H,3,5,8,15H2,1-2H3,(H,26,29)/t22-/m1/s1. The Bertz CT molecular complexity index is 1400. The molecule has 0 saturated carbocycles. The molecule has 2 heterocycles. The molecule has 3 aromatic rings. The van der Waals surface area contributed by atoms with E-state index in [2.05, 4.69) is 5.32 Å². The summed E-state index contributed by atoms with van der Waals surface area (Å²) in [5.74, 6) is 0.118. The summed E-state index contributed by atoms with van der Waals surface area (Å²) in [7, 11) is -2.33. The number of hydrogen-bond donors (Lipinski definition) is 1. The molecule has 9 heteroatoms. The predicted octanol–water partition coefficient (Wildman–Crippen LogP) is 3.62. The van der Waals surface area contributed by atoms with Crippen molar-refractivity contribution >= 4 is 44.0 Å². The van der Waals surface area contributed by atoms with E-state index in [0.717, 1.165) is 16.5 Å². The van der Waals surface area contributed by atoms with Gasteiger partial charge in [-0.3, -0.25) is 9.59 Å². The number of benzene rings is 3. The number of carbonyl (C=O) groups excluding carboxylic acids is 2. The molecular weight excluding hydrogens is 454 g/mol. The first-order valence-electron chi connectivity index (χ1n) is 11.2. The van der Waals surface area contributed by atoms with Gasteiger partial charge in [-0.15, -0.1) is 0 Å². The first kappa shape index (κ1) is 22.4. The fourth-order valence-electron chi connectivity index (χ4n) is 4.86. The van der Waals surface area contributed by atoms with E-state index < -0.39 is 16.1 Å². The Balaban J connectivity index is 1.45. The third-order valence-electron chi connectivity index (χ3n) is 6.53. The van der Waals surface area contributed by atoms with Crippen LogP contribution in [-0.2, 0) is 14.8 Å². The molecule has 5 rings (SSSR count). The lowest BCUT2D eigenvalue weighted by molar-refractivity contribution is -0.119. The molecule has 176 valence electrons. The van der Waals surface area contributed by atoms with Crippen LogP contribution in [0.1, 0.15) is 30.1 Å². The third-order valence-corrected chi connectivity index (χ3v) is 8.45. The van der Waals surface area contributed by atoms with Gasteiger partial charge in [0.05, 0.1) is 17.7 Å². The molecule has 0 spiro atoms. The quantitative estimate of drug-likeness (QED) is 0.583. The Labute approximate surface area is 198 Å². The van der Waals surface area contributed by atoms with Crippen molar-refractivity contribution in [1.82, 2.24) is 4.31 Å². The number of nitrogens with one attached hydrogen (secondary N) is 1. The van der Waals surface area contributed by atoms with Gasteiger partial charge in [0.15, 0.2) is 0 Å². The van der Waals surface area contributed by atoms with E-state index in [4.69, 9.17) is 4.74 Å². The minimum Gasteiger partial charge on any atom is -0.497 e. The van der Waals surface area contributed by atoms with E-state index in [1.165, 1.54) is 23.5 Å². The number of nitrogens with zero attached hydrogens (tertiary/aromatic N) is 2. The zero-order chi connectivity index (χ0) is 24.0. The zero-order valence-corrected chi connectivity index (χ0v) is 19.8. The van der Waals surface area contributed by atoms with Crippen LogP contribution in [0.4, 0.5) is 11.4 Å². The molecule has 1 fully saturated rings. The monoisotopic (exact) mass is 479 g/mol. The molecule has 8 nitrogen and oxygen atoms in total. The molecule has 0 bridgehead atoms. The normalized spacial score (nSPS) is 18.0. The van der Waals surface area contributed by atoms with Crippen molar-refractivity contribution in [3.05, 3.63) is 60.2 Å². The fraction of sp³-hybridized carbons (Fsp3) is 0.280. The Morgan fingerprint density at radius 2 is 1.88 bits per heavy atom. The van der Waals surface area contributed by atoms with Gasteiger partial charge in [-0.2, -0.15) is 4.31 Å². The molecule has 2 aliphatic rings. The summed E-state index contributed by atoms with van der Waals surface area (Å²) in [4.78, 5) is 27.9. The van der Waals surface area contributed by atoms with Crippen LogP contribution >= 0.6 is 0 Å². The van der Waals surface area contributed by atoms with E-state index >= 15 is 0 Å². The number of rotatable bonds is 6. The number of sulfonamides is 1. The molecule has 1 N–H and O–H groups in total. The van der Waals surface area contributed by atoms with Gasteiger partial charge in [0.2, 0.25) is 15.9 Å². The number of ether oxygens (including phenoxy) is 1. The van der Waals surface area contributed by atoms with Crippen molar-refractivity contribution in [3.63, 3.8) is 0 Å². The average molecular weight is 480 g/mol. The summed E-state index contributed by atoms with van der Waals surface area (Å²) >= 11 is 0. The van der Waals surface area contributed by atoms with Crippen LogP contribution in [0.3, 0.4) is 0 Å². The zero-order valence-electron chi connectivity index (χ0n) is 18.9. The second kappa shape index (κ2) is 8.41. The highest BCUT2D eigenvalue weighted by Gasteiger charge is 2.40. The third kappa shape index (κ3) is 3.43. The summed E-state index contributed by atoms with van der Waals surface area (Å²) in [6.45, 7) is 2.74. The smallest absolute Gasteiger partial charge is 0.258 e. The van der Waals surface area contributed by atoms with Gasteiger partial charge >= 0.3 is 0 Å². The average Bonchev–Trinajstić information content (AvgIpc) is 3.46. The van der Waals surface area contributed by atoms with Crippen molar-refractivity contribution in [2.45, 2.75) is 30.7 Å². The van der Waals surface area contributed by atoms with Crippen molar-refractivity contribution < 1.29 is 22.7 Å². The molecule has 34 heavy (non-hydrogen) atoms. The lowest BCUT2D eigenvalue weighted by Gasteiger charge is -2.24. The van der Waals surface area contributed by atoms with Crippen LogP contribution in [0.15, 0.2) is 59.5 Å². The van der Waals surface area contributed by atoms with Crippen LogP contribution in [-0.4, -0.2) is 50.8 Å². The predicted molar refractivity (Wildman–Crippen MR) is 130 cm³/mol. The van der Waals surface area contributed by atoms with Gasteiger partial charge in [-0.25, -0.2) is 8.42 Å². The van der Waals surface area contributed by atoms with Crippen molar-refractivity contribution in [2.75, 3.05) is 30.4 Å². The summed E-state index contributed by atoms with van der Waals surface area (Å²) < 4.78 is 32.9. The largest absolute Gasteiger partial charge is 0.497 e. The lowest BCUT2D eigenvalue weighted by Crippen LogP contribution is -2.43. The maximum absolute atomic E-state index is 13.3. The summed E-state index contributed by atoms with van der Waals surface area (Å²) in [6.07, 6.45) is 1.03. The molecule has 2 aliphatic heterocycles. The number of anilines is 2. The molecule has 0 radical (unpaired) electrons. The number of amides is 2. The molecular formula is C25H25N3O5S. The first-order chi connectivity index (χ1) is 16.4. The van der Waals surface area contributed by atoms with Gasteiger partial charge in [-0.1, -0.05) is 12.1 Å². The Morgan fingerprint density at radius 3 is 2.59 bits per heavy atom. The topological polar surface area (TPSA) is 96.0 Å². The van der Waals surface area contributed by atoms with Gasteiger partial charge in [0, 0.05) is 35.1 Å². The summed E-state index contributed by atoms with van der Waals surface area (Å²) in [6, 6.07) is 14.4. The van der Waals surface area contributed by atoms with Crippen LogP contribution in [0, 0.1) is 0 Å². The van der Waals surface area contributed by atoms with E-state index in [9.17, 15) is 18.0 Å². The number of methoxy groups -OCH3 is 1. The highest BCUT2D eigenvalue weighted by atomic mass is 32.2. The van der Waals surface area contributed by atoms with E-state index in [0.29, 0.717) is 36.4 Å². The highest BCUT2D eigenvalue weighted by Crippen LogP contribution is 2.40. The van der Waals surface area contributed by atoms with E-state index in [-0.39, 0.29) is 23.3 Å². The summed E-state index contributed by atoms with van der Waals surface area (Å²) in [5.41, 5.74) is 1.99. The molecule has 2 amide bonds. The van der Waals surface area contributed by atoms with Gasteiger partial charge in [-0.05, 0) is 62.2 Å². The van der Waals surface area contributed by atoms with Crippen LogP contribution in [0.25, 0.3) is 10.8 Å². The second-order valence-corrected chi connectivity index (χ2v) is 10.2. The van der Waals surface area contributed by atoms with Crippen molar-refractivity contribution in [3.8, 4) is 5.75 Å². The highest BCUT2D eigenvalue weighted by molar-refractivity contribution is 7.89. The SMILES string of the molecule is CCN1C(=O)c2cccc3c(NC(=O)[C@H]4CCCN4S(=O)(=O)c4ccc(OC)cc4)ccc1c23. The number of hydrogen-bond acceptors (Lipinski definition) is 5. The molecule has 0 aromatic heterocycles. The van der Waals surface area contributed by atoms with E-state index in [1.807, 2.05) is 19.1 Å². The number of carbonyl (C=O) groups is 2.